The van der Waals surface area contributed by atoms with Crippen LogP contribution in [0.5, 0.6) is 17.2 Å². The lowest BCUT2D eigenvalue weighted by Gasteiger charge is -2.15. The van der Waals surface area contributed by atoms with Crippen LogP contribution in [0.25, 0.3) is 21.9 Å². The van der Waals surface area contributed by atoms with E-state index in [4.69, 9.17) is 4.74 Å². The van der Waals surface area contributed by atoms with Crippen LogP contribution < -0.4 is 0 Å². The molecule has 0 amide bonds. The first-order valence-corrected chi connectivity index (χ1v) is 7.30. The van der Waals surface area contributed by atoms with E-state index < -0.39 is 5.97 Å². The third kappa shape index (κ3) is 2.40. The zero-order valence-corrected chi connectivity index (χ0v) is 13.2. The topological polar surface area (TPSA) is 87.0 Å². The summed E-state index contributed by atoms with van der Waals surface area (Å²) in [4.78, 5) is 12.1. The molecule has 0 saturated heterocycles. The van der Waals surface area contributed by atoms with E-state index in [0.29, 0.717) is 5.39 Å². The number of phenolic OH excluding ortho intramolecular Hbond substituents is 3. The molecule has 0 radical (unpaired) electrons. The van der Waals surface area contributed by atoms with Crippen molar-refractivity contribution in [1.82, 2.24) is 0 Å². The van der Waals surface area contributed by atoms with E-state index in [2.05, 4.69) is 0 Å². The van der Waals surface area contributed by atoms with Gasteiger partial charge >= 0.3 is 5.97 Å². The van der Waals surface area contributed by atoms with Crippen molar-refractivity contribution in [1.29, 1.82) is 0 Å². The van der Waals surface area contributed by atoms with Crippen molar-refractivity contribution in [3.8, 4) is 28.4 Å². The Bertz CT molecular complexity index is 960. The number of benzene rings is 3. The fourth-order valence-electron chi connectivity index (χ4n) is 2.84. The Hall–Kier alpha value is -3.21. The summed E-state index contributed by atoms with van der Waals surface area (Å²) < 4.78 is 4.71. The highest BCUT2D eigenvalue weighted by Gasteiger charge is 2.25. The van der Waals surface area contributed by atoms with Crippen LogP contribution in [-0.2, 0) is 4.74 Å². The summed E-state index contributed by atoms with van der Waals surface area (Å²) in [6.45, 7) is 1.94. The number of phenols is 3. The van der Waals surface area contributed by atoms with Crippen molar-refractivity contribution in [3.63, 3.8) is 0 Å². The number of rotatable bonds is 2. The average molecular weight is 324 g/mol. The molecule has 5 heteroatoms. The number of ether oxygens (including phenoxy) is 1. The highest BCUT2D eigenvalue weighted by Crippen LogP contribution is 2.45. The molecular formula is C19H16O5. The van der Waals surface area contributed by atoms with Crippen LogP contribution in [0.2, 0.25) is 0 Å². The minimum Gasteiger partial charge on any atom is -0.507 e. The number of esters is 1. The van der Waals surface area contributed by atoms with Crippen LogP contribution in [0.15, 0.2) is 42.5 Å². The first kappa shape index (κ1) is 15.7. The number of aromatic hydroxyl groups is 3. The molecule has 0 spiro atoms. The van der Waals surface area contributed by atoms with E-state index in [0.717, 1.165) is 10.9 Å². The molecular weight excluding hydrogens is 308 g/mol. The van der Waals surface area contributed by atoms with Gasteiger partial charge in [0.15, 0.2) is 0 Å². The second-order valence-corrected chi connectivity index (χ2v) is 5.53. The first-order chi connectivity index (χ1) is 11.4. The summed E-state index contributed by atoms with van der Waals surface area (Å²) in [5, 5.41) is 32.3. The lowest BCUT2D eigenvalue weighted by atomic mass is 9.92. The first-order valence-electron chi connectivity index (χ1n) is 7.30. The Morgan fingerprint density at radius 3 is 2.21 bits per heavy atom. The molecule has 0 atom stereocenters. The van der Waals surface area contributed by atoms with Crippen LogP contribution in [0.1, 0.15) is 15.9 Å². The maximum absolute atomic E-state index is 12.1. The molecule has 0 saturated carbocycles. The highest BCUT2D eigenvalue weighted by atomic mass is 16.5. The second kappa shape index (κ2) is 5.77. The summed E-state index contributed by atoms with van der Waals surface area (Å²) in [7, 11) is 1.18. The van der Waals surface area contributed by atoms with Crippen molar-refractivity contribution < 1.29 is 24.9 Å². The molecule has 0 unspecified atom stereocenters. The molecule has 3 aromatic rings. The average Bonchev–Trinajstić information content (AvgIpc) is 2.56. The number of carbonyl (C=O) groups excluding carboxylic acids is 1. The van der Waals surface area contributed by atoms with Gasteiger partial charge in [0.1, 0.15) is 22.8 Å². The summed E-state index contributed by atoms with van der Waals surface area (Å²) >= 11 is 0. The Morgan fingerprint density at radius 1 is 0.875 bits per heavy atom. The zero-order chi connectivity index (χ0) is 17.4. The summed E-state index contributed by atoms with van der Waals surface area (Å²) in [6, 6.07) is 11.3. The number of aryl methyl sites for hydroxylation is 1. The molecule has 122 valence electrons. The van der Waals surface area contributed by atoms with Gasteiger partial charge in [0, 0.05) is 11.1 Å². The van der Waals surface area contributed by atoms with E-state index in [1.807, 2.05) is 19.1 Å². The number of fused-ring (bicyclic) bond motifs is 1. The molecule has 0 aliphatic rings. The van der Waals surface area contributed by atoms with Crippen LogP contribution in [-0.4, -0.2) is 28.4 Å². The number of carbonyl (C=O) groups is 1. The predicted molar refractivity (Wildman–Crippen MR) is 90.5 cm³/mol. The van der Waals surface area contributed by atoms with Crippen molar-refractivity contribution in [2.45, 2.75) is 6.92 Å². The molecule has 0 heterocycles. The van der Waals surface area contributed by atoms with Crippen molar-refractivity contribution >= 4 is 16.7 Å². The van der Waals surface area contributed by atoms with E-state index in [9.17, 15) is 20.1 Å². The van der Waals surface area contributed by atoms with Crippen molar-refractivity contribution in [2.24, 2.45) is 0 Å². The molecule has 24 heavy (non-hydrogen) atoms. The maximum atomic E-state index is 12.1. The zero-order valence-electron chi connectivity index (χ0n) is 13.2. The Labute approximate surface area is 138 Å². The predicted octanol–water partition coefficient (Wildman–Crippen LogP) is 3.72. The van der Waals surface area contributed by atoms with Gasteiger partial charge in [-0.3, -0.25) is 0 Å². The van der Waals surface area contributed by atoms with Gasteiger partial charge in [-0.2, -0.15) is 0 Å². The third-order valence-corrected chi connectivity index (χ3v) is 3.95. The minimum atomic E-state index is -0.804. The van der Waals surface area contributed by atoms with Crippen LogP contribution in [0.4, 0.5) is 0 Å². The molecule has 0 fully saturated rings. The molecule has 0 aliphatic heterocycles. The van der Waals surface area contributed by atoms with Gasteiger partial charge in [0.2, 0.25) is 0 Å². The quantitative estimate of drug-likeness (QED) is 0.494. The van der Waals surface area contributed by atoms with Crippen LogP contribution in [0, 0.1) is 6.92 Å². The molecule has 0 bridgehead atoms. The lowest BCUT2D eigenvalue weighted by Crippen LogP contribution is -2.04. The Morgan fingerprint density at radius 2 is 1.50 bits per heavy atom. The monoisotopic (exact) mass is 324 g/mol. The minimum absolute atomic E-state index is 0.0359. The van der Waals surface area contributed by atoms with Gasteiger partial charge in [-0.15, -0.1) is 0 Å². The lowest BCUT2D eigenvalue weighted by molar-refractivity contribution is 0.0598. The van der Waals surface area contributed by atoms with Crippen molar-refractivity contribution in [3.05, 3.63) is 53.6 Å². The second-order valence-electron chi connectivity index (χ2n) is 5.53. The maximum Gasteiger partial charge on any atom is 0.342 e. The summed E-state index contributed by atoms with van der Waals surface area (Å²) in [6.07, 6.45) is 0. The van der Waals surface area contributed by atoms with Crippen molar-refractivity contribution in [2.75, 3.05) is 7.11 Å². The van der Waals surface area contributed by atoms with E-state index in [1.165, 1.54) is 25.3 Å². The smallest absolute Gasteiger partial charge is 0.342 e. The van der Waals surface area contributed by atoms with E-state index in [1.54, 1.807) is 12.1 Å². The van der Waals surface area contributed by atoms with Gasteiger partial charge in [-0.25, -0.2) is 4.79 Å². The Balaban J connectivity index is 2.47. The fourth-order valence-corrected chi connectivity index (χ4v) is 2.84. The van der Waals surface area contributed by atoms with Gasteiger partial charge in [0.05, 0.1) is 7.11 Å². The molecule has 5 nitrogen and oxygen atoms in total. The van der Waals surface area contributed by atoms with Crippen LogP contribution >= 0.6 is 0 Å². The fraction of sp³-hybridized carbons (Fsp3) is 0.105. The molecule has 0 aromatic heterocycles. The molecule has 0 aliphatic carbocycles. The van der Waals surface area contributed by atoms with Gasteiger partial charge in [-0.1, -0.05) is 29.8 Å². The molecule has 3 aromatic carbocycles. The molecule has 3 N–H and O–H groups in total. The third-order valence-electron chi connectivity index (χ3n) is 3.95. The summed E-state index contributed by atoms with van der Waals surface area (Å²) in [5.41, 5.74) is 1.14. The van der Waals surface area contributed by atoms with Gasteiger partial charge in [0.25, 0.3) is 0 Å². The van der Waals surface area contributed by atoms with Gasteiger partial charge in [-0.05, 0) is 35.9 Å². The molecule has 3 rings (SSSR count). The van der Waals surface area contributed by atoms with E-state index in [-0.39, 0.29) is 33.9 Å². The normalized spacial score (nSPS) is 10.8. The highest BCUT2D eigenvalue weighted by molar-refractivity contribution is 6.09. The summed E-state index contributed by atoms with van der Waals surface area (Å²) in [5.74, 6) is -1.49. The largest absolute Gasteiger partial charge is 0.507 e. The van der Waals surface area contributed by atoms with Gasteiger partial charge < -0.3 is 20.1 Å². The van der Waals surface area contributed by atoms with E-state index >= 15 is 0 Å². The SMILES string of the molecule is COC(=O)c1c(O)ccc(O)c1-c1c(O)ccc2cc(C)ccc12. The Kier molecular flexibility index (Phi) is 3.77. The number of methoxy groups -OCH3 is 1. The van der Waals surface area contributed by atoms with Crippen LogP contribution in [0.3, 0.4) is 0 Å². The standard InChI is InChI=1S/C19H16O5/c1-10-3-5-12-11(9-10)4-6-13(20)16(12)17-14(21)7-8-15(22)18(17)19(23)24-2/h3-9,20-22H,1-2H3. The number of hydrogen-bond acceptors (Lipinski definition) is 5. The number of hydrogen-bond donors (Lipinski definition) is 3.